The van der Waals surface area contributed by atoms with Crippen molar-refractivity contribution in [3.63, 3.8) is 0 Å². The fraction of sp³-hybridized carbons (Fsp3) is 0.125. The zero-order chi connectivity index (χ0) is 14.1. The third kappa shape index (κ3) is 2.05. The van der Waals surface area contributed by atoms with Gasteiger partial charge in [-0.05, 0) is 30.6 Å². The van der Waals surface area contributed by atoms with Crippen LogP contribution in [0.4, 0.5) is 5.82 Å². The van der Waals surface area contributed by atoms with Gasteiger partial charge in [0.15, 0.2) is 0 Å². The van der Waals surface area contributed by atoms with Crippen molar-refractivity contribution in [2.45, 2.75) is 6.92 Å². The fourth-order valence-electron chi connectivity index (χ4n) is 2.25. The highest BCUT2D eigenvalue weighted by Gasteiger charge is 2.06. The van der Waals surface area contributed by atoms with Gasteiger partial charge in [0, 0.05) is 24.2 Å². The average Bonchev–Trinajstić information content (AvgIpc) is 2.79. The predicted octanol–water partition coefficient (Wildman–Crippen LogP) is 3.50. The van der Waals surface area contributed by atoms with Crippen LogP contribution in [0.2, 0.25) is 0 Å². The average molecular weight is 264 g/mol. The third-order valence-corrected chi connectivity index (χ3v) is 3.49. The number of fused-ring (bicyclic) bond motifs is 1. The first kappa shape index (κ1) is 12.4. The van der Waals surface area contributed by atoms with Crippen molar-refractivity contribution in [3.05, 3.63) is 55.3 Å². The largest absolute Gasteiger partial charge is 0.347 e. The van der Waals surface area contributed by atoms with Gasteiger partial charge in [-0.15, -0.1) is 0 Å². The molecule has 3 aromatic rings. The van der Waals surface area contributed by atoms with E-state index < -0.39 is 0 Å². The van der Waals surface area contributed by atoms with Gasteiger partial charge in [0.1, 0.15) is 11.6 Å². The van der Waals surface area contributed by atoms with Crippen LogP contribution in [0.5, 0.6) is 0 Å². The Labute approximate surface area is 117 Å². The van der Waals surface area contributed by atoms with E-state index in [1.54, 1.807) is 6.20 Å². The molecule has 1 aromatic carbocycles. The molecule has 0 saturated carbocycles. The molecule has 4 heteroatoms. The van der Waals surface area contributed by atoms with E-state index >= 15 is 0 Å². The van der Waals surface area contributed by atoms with Crippen molar-refractivity contribution < 1.29 is 0 Å². The van der Waals surface area contributed by atoms with Gasteiger partial charge < -0.3 is 9.88 Å². The van der Waals surface area contributed by atoms with Crippen LogP contribution in [0.3, 0.4) is 0 Å². The summed E-state index contributed by atoms with van der Waals surface area (Å²) in [5.41, 5.74) is 2.26. The van der Waals surface area contributed by atoms with E-state index in [0.717, 1.165) is 33.7 Å². The normalized spacial score (nSPS) is 10.7. The minimum Gasteiger partial charge on any atom is -0.347 e. The summed E-state index contributed by atoms with van der Waals surface area (Å²) in [5.74, 6) is 1.80. The second-order valence-corrected chi connectivity index (χ2v) is 4.73. The summed E-state index contributed by atoms with van der Waals surface area (Å²) < 4.78 is 2.09. The quantitative estimate of drug-likeness (QED) is 0.787. The smallest absolute Gasteiger partial charge is 0.130 e. The van der Waals surface area contributed by atoms with Gasteiger partial charge >= 0.3 is 0 Å². The van der Waals surface area contributed by atoms with Crippen LogP contribution in [-0.4, -0.2) is 14.5 Å². The van der Waals surface area contributed by atoms with Crippen molar-refractivity contribution in [2.24, 2.45) is 7.05 Å². The molecular formula is C16H16N4. The first-order valence-corrected chi connectivity index (χ1v) is 6.45. The van der Waals surface area contributed by atoms with E-state index in [-0.39, 0.29) is 0 Å². The number of hydrogen-bond donors (Lipinski definition) is 1. The standard InChI is InChI=1S/C16H16N4/c1-4-17-16-8-14-7-12(5-6-13(14)9-19-16)15-10-18-11(2)20(15)3/h4-10H,1H2,2-3H3,(H,17,19). The zero-order valence-electron chi connectivity index (χ0n) is 11.6. The Morgan fingerprint density at radius 3 is 2.70 bits per heavy atom. The Bertz CT molecular complexity index is 786. The Morgan fingerprint density at radius 2 is 2.00 bits per heavy atom. The molecule has 20 heavy (non-hydrogen) atoms. The van der Waals surface area contributed by atoms with E-state index in [9.17, 15) is 0 Å². The molecule has 3 rings (SSSR count). The molecule has 0 amide bonds. The lowest BCUT2D eigenvalue weighted by atomic mass is 10.1. The molecule has 2 heterocycles. The zero-order valence-corrected chi connectivity index (χ0v) is 11.6. The highest BCUT2D eigenvalue weighted by Crippen LogP contribution is 2.25. The highest BCUT2D eigenvalue weighted by atomic mass is 15.0. The summed E-state index contributed by atoms with van der Waals surface area (Å²) in [7, 11) is 2.03. The molecule has 0 fully saturated rings. The maximum Gasteiger partial charge on any atom is 0.130 e. The number of anilines is 1. The molecule has 0 radical (unpaired) electrons. The number of pyridine rings is 1. The van der Waals surface area contributed by atoms with Gasteiger partial charge in [0.05, 0.1) is 11.9 Å². The summed E-state index contributed by atoms with van der Waals surface area (Å²) in [6, 6.07) is 8.35. The van der Waals surface area contributed by atoms with Crippen molar-refractivity contribution in [1.82, 2.24) is 14.5 Å². The Balaban J connectivity index is 2.13. The second kappa shape index (κ2) is 4.81. The molecule has 100 valence electrons. The molecule has 0 aliphatic rings. The molecule has 0 unspecified atom stereocenters. The fourth-order valence-corrected chi connectivity index (χ4v) is 2.25. The number of hydrogen-bond acceptors (Lipinski definition) is 3. The number of nitrogens with one attached hydrogen (secondary N) is 1. The molecule has 0 spiro atoms. The molecule has 0 saturated heterocycles. The van der Waals surface area contributed by atoms with Gasteiger partial charge in [-0.25, -0.2) is 9.97 Å². The lowest BCUT2D eigenvalue weighted by Crippen LogP contribution is -1.94. The van der Waals surface area contributed by atoms with E-state index in [1.165, 1.54) is 0 Å². The second-order valence-electron chi connectivity index (χ2n) is 4.73. The number of aromatic nitrogens is 3. The number of benzene rings is 1. The SMILES string of the molecule is C=CNc1cc2cc(-c3cnc(C)n3C)ccc2cn1. The van der Waals surface area contributed by atoms with Gasteiger partial charge in [-0.1, -0.05) is 18.7 Å². The maximum atomic E-state index is 4.34. The first-order valence-electron chi connectivity index (χ1n) is 6.45. The van der Waals surface area contributed by atoms with E-state index in [1.807, 2.05) is 32.4 Å². The maximum absolute atomic E-state index is 4.34. The van der Waals surface area contributed by atoms with Crippen LogP contribution in [0.25, 0.3) is 22.0 Å². The summed E-state index contributed by atoms with van der Waals surface area (Å²) in [4.78, 5) is 8.67. The van der Waals surface area contributed by atoms with E-state index in [4.69, 9.17) is 0 Å². The minimum atomic E-state index is 0.797. The van der Waals surface area contributed by atoms with E-state index in [2.05, 4.69) is 44.6 Å². The number of rotatable bonds is 3. The Kier molecular flexibility index (Phi) is 2.99. The lowest BCUT2D eigenvalue weighted by Gasteiger charge is -2.07. The molecule has 0 aliphatic carbocycles. The number of imidazole rings is 1. The Morgan fingerprint density at radius 1 is 1.15 bits per heavy atom. The van der Waals surface area contributed by atoms with Crippen molar-refractivity contribution >= 4 is 16.6 Å². The minimum absolute atomic E-state index is 0.797. The first-order chi connectivity index (χ1) is 9.69. The molecular weight excluding hydrogens is 248 g/mol. The van der Waals surface area contributed by atoms with Crippen LogP contribution in [0.15, 0.2) is 49.4 Å². The topological polar surface area (TPSA) is 42.7 Å². The number of aryl methyl sites for hydroxylation is 1. The lowest BCUT2D eigenvalue weighted by molar-refractivity contribution is 0.865. The van der Waals surface area contributed by atoms with Gasteiger partial charge in [0.2, 0.25) is 0 Å². The third-order valence-electron chi connectivity index (χ3n) is 3.49. The molecule has 0 bridgehead atoms. The van der Waals surface area contributed by atoms with Crippen molar-refractivity contribution in [1.29, 1.82) is 0 Å². The van der Waals surface area contributed by atoms with Gasteiger partial charge in [0.25, 0.3) is 0 Å². The van der Waals surface area contributed by atoms with Gasteiger partial charge in [-0.2, -0.15) is 0 Å². The summed E-state index contributed by atoms with van der Waals surface area (Å²) in [6.07, 6.45) is 5.39. The molecule has 1 N–H and O–H groups in total. The number of nitrogens with zero attached hydrogens (tertiary/aromatic N) is 3. The molecule has 0 atom stereocenters. The summed E-state index contributed by atoms with van der Waals surface area (Å²) in [6.45, 7) is 5.65. The van der Waals surface area contributed by atoms with E-state index in [0.29, 0.717) is 0 Å². The van der Waals surface area contributed by atoms with Crippen molar-refractivity contribution in [3.8, 4) is 11.3 Å². The highest BCUT2D eigenvalue weighted by molar-refractivity contribution is 5.88. The molecule has 4 nitrogen and oxygen atoms in total. The van der Waals surface area contributed by atoms with Crippen LogP contribution < -0.4 is 5.32 Å². The summed E-state index contributed by atoms with van der Waals surface area (Å²) >= 11 is 0. The predicted molar refractivity (Wildman–Crippen MR) is 82.5 cm³/mol. The molecule has 0 aliphatic heterocycles. The molecule has 2 aromatic heterocycles. The Hall–Kier alpha value is -2.62. The summed E-state index contributed by atoms with van der Waals surface area (Å²) in [5, 5.41) is 5.26. The van der Waals surface area contributed by atoms with Crippen molar-refractivity contribution in [2.75, 3.05) is 5.32 Å². The van der Waals surface area contributed by atoms with Crippen LogP contribution in [-0.2, 0) is 7.05 Å². The van der Waals surface area contributed by atoms with Crippen LogP contribution in [0.1, 0.15) is 5.82 Å². The monoisotopic (exact) mass is 264 g/mol. The van der Waals surface area contributed by atoms with Gasteiger partial charge in [-0.3, -0.25) is 0 Å². The van der Waals surface area contributed by atoms with Crippen LogP contribution in [0, 0.1) is 6.92 Å². The van der Waals surface area contributed by atoms with Crippen LogP contribution >= 0.6 is 0 Å².